The monoisotopic (exact) mass is 230 g/mol. The fraction of sp³-hybridized carbons (Fsp3) is 0.417. The van der Waals surface area contributed by atoms with Gasteiger partial charge in [-0.15, -0.1) is 0 Å². The first-order valence-electron chi connectivity index (χ1n) is 5.78. The van der Waals surface area contributed by atoms with Crippen LogP contribution in [-0.2, 0) is 13.6 Å². The van der Waals surface area contributed by atoms with Gasteiger partial charge in [0.25, 0.3) is 0 Å². The second-order valence-electron chi connectivity index (χ2n) is 4.49. The molecule has 0 aromatic carbocycles. The van der Waals surface area contributed by atoms with Crippen LogP contribution in [0.25, 0.3) is 0 Å². The normalized spacial score (nSPS) is 15.1. The molecular formula is C12H14N4O. The molecule has 0 radical (unpaired) electrons. The highest BCUT2D eigenvalue weighted by Crippen LogP contribution is 2.38. The maximum Gasteiger partial charge on any atom is 0.345 e. The molecule has 0 N–H and O–H groups in total. The second-order valence-corrected chi connectivity index (χ2v) is 4.49. The minimum atomic E-state index is -0.0456. The fourth-order valence-corrected chi connectivity index (χ4v) is 1.97. The highest BCUT2D eigenvalue weighted by Gasteiger charge is 2.29. The van der Waals surface area contributed by atoms with Crippen LogP contribution in [0.1, 0.15) is 30.1 Å². The molecular weight excluding hydrogens is 216 g/mol. The van der Waals surface area contributed by atoms with E-state index in [0.717, 1.165) is 24.2 Å². The third-order valence-corrected chi connectivity index (χ3v) is 3.07. The summed E-state index contributed by atoms with van der Waals surface area (Å²) < 4.78 is 3.18. The molecule has 2 aromatic heterocycles. The van der Waals surface area contributed by atoms with Gasteiger partial charge >= 0.3 is 5.69 Å². The standard InChI is InChI=1S/C12H14N4O/c1-15-11(10-4-5-10)14-16(12(15)17)8-9-3-2-6-13-7-9/h2-3,6-7,10H,4-5,8H2,1H3. The van der Waals surface area contributed by atoms with Gasteiger partial charge in [0.1, 0.15) is 5.82 Å². The Morgan fingerprint density at radius 1 is 1.47 bits per heavy atom. The molecule has 3 rings (SSSR count). The van der Waals surface area contributed by atoms with Gasteiger partial charge in [0.05, 0.1) is 6.54 Å². The minimum absolute atomic E-state index is 0.0456. The molecule has 0 amide bonds. The molecule has 17 heavy (non-hydrogen) atoms. The van der Waals surface area contributed by atoms with Crippen molar-refractivity contribution in [3.05, 3.63) is 46.4 Å². The van der Waals surface area contributed by atoms with Crippen LogP contribution in [0.4, 0.5) is 0 Å². The molecule has 0 bridgehead atoms. The first-order valence-corrected chi connectivity index (χ1v) is 5.78. The molecule has 2 aromatic rings. The van der Waals surface area contributed by atoms with Crippen LogP contribution in [-0.4, -0.2) is 19.3 Å². The van der Waals surface area contributed by atoms with Gasteiger partial charge < -0.3 is 0 Å². The first-order chi connectivity index (χ1) is 8.25. The third-order valence-electron chi connectivity index (χ3n) is 3.07. The smallest absolute Gasteiger partial charge is 0.282 e. The molecule has 0 saturated heterocycles. The van der Waals surface area contributed by atoms with Gasteiger partial charge in [-0.1, -0.05) is 6.07 Å². The van der Waals surface area contributed by atoms with Crippen molar-refractivity contribution in [3.63, 3.8) is 0 Å². The van der Waals surface area contributed by atoms with Crippen molar-refractivity contribution in [2.45, 2.75) is 25.3 Å². The van der Waals surface area contributed by atoms with E-state index in [2.05, 4.69) is 10.1 Å². The highest BCUT2D eigenvalue weighted by molar-refractivity contribution is 5.10. The molecule has 5 heteroatoms. The SMILES string of the molecule is Cn1c(C2CC2)nn(Cc2cccnc2)c1=O. The van der Waals surface area contributed by atoms with Crippen LogP contribution < -0.4 is 5.69 Å². The largest absolute Gasteiger partial charge is 0.345 e. The summed E-state index contributed by atoms with van der Waals surface area (Å²) in [7, 11) is 1.79. The first kappa shape index (κ1) is 10.3. The second kappa shape index (κ2) is 3.84. The molecule has 2 heterocycles. The summed E-state index contributed by atoms with van der Waals surface area (Å²) in [6.07, 6.45) is 5.78. The predicted octanol–water partition coefficient (Wildman–Crippen LogP) is 0.902. The summed E-state index contributed by atoms with van der Waals surface area (Å²) in [5.74, 6) is 1.40. The molecule has 0 atom stereocenters. The van der Waals surface area contributed by atoms with Gasteiger partial charge in [-0.2, -0.15) is 5.10 Å². The molecule has 0 unspecified atom stereocenters. The van der Waals surface area contributed by atoms with Crippen molar-refractivity contribution < 1.29 is 0 Å². The highest BCUT2D eigenvalue weighted by atomic mass is 16.2. The molecule has 5 nitrogen and oxygen atoms in total. The van der Waals surface area contributed by atoms with Crippen molar-refractivity contribution in [1.82, 2.24) is 19.3 Å². The van der Waals surface area contributed by atoms with Gasteiger partial charge in [-0.3, -0.25) is 9.55 Å². The predicted molar refractivity (Wildman–Crippen MR) is 62.8 cm³/mol. The van der Waals surface area contributed by atoms with Crippen LogP contribution in [0.5, 0.6) is 0 Å². The van der Waals surface area contributed by atoms with Crippen molar-refractivity contribution in [1.29, 1.82) is 0 Å². The number of hydrogen-bond acceptors (Lipinski definition) is 3. The zero-order valence-corrected chi connectivity index (χ0v) is 9.71. The molecule has 1 saturated carbocycles. The van der Waals surface area contributed by atoms with E-state index >= 15 is 0 Å². The summed E-state index contributed by atoms with van der Waals surface area (Å²) in [6.45, 7) is 0.493. The Bertz CT molecular complexity index is 580. The van der Waals surface area contributed by atoms with E-state index in [9.17, 15) is 4.79 Å². The number of nitrogens with zero attached hydrogens (tertiary/aromatic N) is 4. The van der Waals surface area contributed by atoms with Crippen LogP contribution in [0.2, 0.25) is 0 Å². The Labute approximate surface area is 98.7 Å². The van der Waals surface area contributed by atoms with E-state index < -0.39 is 0 Å². The summed E-state index contributed by atoms with van der Waals surface area (Å²) in [5, 5.41) is 4.41. The average Bonchev–Trinajstić information content (AvgIpc) is 3.14. The van der Waals surface area contributed by atoms with E-state index in [4.69, 9.17) is 0 Å². The Morgan fingerprint density at radius 2 is 2.29 bits per heavy atom. The zero-order valence-electron chi connectivity index (χ0n) is 9.71. The Balaban J connectivity index is 1.93. The average molecular weight is 230 g/mol. The Morgan fingerprint density at radius 3 is 2.94 bits per heavy atom. The minimum Gasteiger partial charge on any atom is -0.282 e. The molecule has 0 spiro atoms. The quantitative estimate of drug-likeness (QED) is 0.787. The molecule has 1 aliphatic carbocycles. The Kier molecular flexibility index (Phi) is 2.31. The summed E-state index contributed by atoms with van der Waals surface area (Å²) in [4.78, 5) is 16.0. The molecule has 1 fully saturated rings. The van der Waals surface area contributed by atoms with E-state index in [1.54, 1.807) is 24.0 Å². The zero-order chi connectivity index (χ0) is 11.8. The Hall–Kier alpha value is -1.91. The van der Waals surface area contributed by atoms with Crippen molar-refractivity contribution >= 4 is 0 Å². The topological polar surface area (TPSA) is 52.7 Å². The lowest BCUT2D eigenvalue weighted by atomic mass is 10.3. The van der Waals surface area contributed by atoms with Gasteiger partial charge in [-0.05, 0) is 24.5 Å². The van der Waals surface area contributed by atoms with Crippen molar-refractivity contribution in [2.24, 2.45) is 7.05 Å². The maximum absolute atomic E-state index is 12.0. The summed E-state index contributed by atoms with van der Waals surface area (Å²) in [6, 6.07) is 3.82. The van der Waals surface area contributed by atoms with Gasteiger partial charge in [0.2, 0.25) is 0 Å². The fourth-order valence-electron chi connectivity index (χ4n) is 1.97. The molecule has 88 valence electrons. The molecule has 0 aliphatic heterocycles. The van der Waals surface area contributed by atoms with E-state index in [1.165, 1.54) is 4.68 Å². The van der Waals surface area contributed by atoms with Crippen LogP contribution in [0, 0.1) is 0 Å². The van der Waals surface area contributed by atoms with Gasteiger partial charge in [0.15, 0.2) is 0 Å². The van der Waals surface area contributed by atoms with Crippen LogP contribution in [0.15, 0.2) is 29.3 Å². The number of rotatable bonds is 3. The van der Waals surface area contributed by atoms with Crippen molar-refractivity contribution in [2.75, 3.05) is 0 Å². The lowest BCUT2D eigenvalue weighted by Crippen LogP contribution is -2.23. The number of aromatic nitrogens is 4. The van der Waals surface area contributed by atoms with Crippen LogP contribution >= 0.6 is 0 Å². The van der Waals surface area contributed by atoms with Crippen molar-refractivity contribution in [3.8, 4) is 0 Å². The van der Waals surface area contributed by atoms with Gasteiger partial charge in [0, 0.05) is 25.4 Å². The van der Waals surface area contributed by atoms with Crippen LogP contribution in [0.3, 0.4) is 0 Å². The van der Waals surface area contributed by atoms with Gasteiger partial charge in [-0.25, -0.2) is 9.48 Å². The number of hydrogen-bond donors (Lipinski definition) is 0. The van der Waals surface area contributed by atoms with E-state index in [-0.39, 0.29) is 5.69 Å². The lowest BCUT2D eigenvalue weighted by molar-refractivity contribution is 0.643. The third kappa shape index (κ3) is 1.88. The summed E-state index contributed by atoms with van der Waals surface area (Å²) in [5.41, 5.74) is 0.950. The lowest BCUT2D eigenvalue weighted by Gasteiger charge is -1.98. The molecule has 1 aliphatic rings. The number of pyridine rings is 1. The maximum atomic E-state index is 12.0. The summed E-state index contributed by atoms with van der Waals surface area (Å²) >= 11 is 0. The van der Waals surface area contributed by atoms with E-state index in [1.807, 2.05) is 12.1 Å². The van der Waals surface area contributed by atoms with E-state index in [0.29, 0.717) is 12.5 Å².